The second kappa shape index (κ2) is 5.66. The molecule has 0 heterocycles. The van der Waals surface area contributed by atoms with Crippen LogP contribution in [0, 0.1) is 17.5 Å². The average Bonchev–Trinajstić information content (AvgIpc) is 2.49. The summed E-state index contributed by atoms with van der Waals surface area (Å²) in [4.78, 5) is 22.3. The Balaban J connectivity index is 2.30. The number of hydrogen-bond acceptors (Lipinski definition) is 3. The van der Waals surface area contributed by atoms with Crippen molar-refractivity contribution >= 4 is 17.9 Å². The molecule has 108 valence electrons. The predicted octanol–water partition coefficient (Wildman–Crippen LogP) is 2.87. The molecule has 2 aromatic carbocycles. The minimum Gasteiger partial charge on any atom is -0.503 e. The van der Waals surface area contributed by atoms with Crippen LogP contribution >= 0.6 is 0 Å². The Morgan fingerprint density at radius 3 is 2.29 bits per heavy atom. The Morgan fingerprint density at radius 1 is 1.10 bits per heavy atom. The highest BCUT2D eigenvalue weighted by atomic mass is 19.2. The lowest BCUT2D eigenvalue weighted by Gasteiger charge is -2.08. The van der Waals surface area contributed by atoms with Gasteiger partial charge in [0.15, 0.2) is 17.4 Å². The van der Waals surface area contributed by atoms with Crippen molar-refractivity contribution in [1.82, 2.24) is 0 Å². The number of phenolic OH excluding ortho intramolecular Hbond substituents is 1. The zero-order valence-electron chi connectivity index (χ0n) is 10.4. The summed E-state index contributed by atoms with van der Waals surface area (Å²) >= 11 is 0. The molecule has 21 heavy (non-hydrogen) atoms. The standard InChI is InChI=1S/C14H8F3NO3/c15-10-5-9(11(16)13(20)12(10)17)14(21)18-8-3-1-7(6-19)2-4-8/h1-6,20H,(H,18,21). The molecular weight excluding hydrogens is 287 g/mol. The zero-order chi connectivity index (χ0) is 15.6. The van der Waals surface area contributed by atoms with Gasteiger partial charge in [0.25, 0.3) is 5.91 Å². The van der Waals surface area contributed by atoms with Crippen LogP contribution in [0.2, 0.25) is 0 Å². The van der Waals surface area contributed by atoms with Gasteiger partial charge in [-0.3, -0.25) is 9.59 Å². The van der Waals surface area contributed by atoms with Gasteiger partial charge in [0.2, 0.25) is 5.82 Å². The van der Waals surface area contributed by atoms with Crippen molar-refractivity contribution in [3.8, 4) is 5.75 Å². The molecule has 0 aliphatic rings. The fraction of sp³-hybridized carbons (Fsp3) is 0. The molecule has 0 saturated carbocycles. The molecule has 0 fully saturated rings. The van der Waals surface area contributed by atoms with E-state index < -0.39 is 34.7 Å². The highest BCUT2D eigenvalue weighted by Crippen LogP contribution is 2.26. The van der Waals surface area contributed by atoms with Crippen molar-refractivity contribution in [1.29, 1.82) is 0 Å². The van der Waals surface area contributed by atoms with Gasteiger partial charge in [-0.1, -0.05) is 0 Å². The predicted molar refractivity (Wildman–Crippen MR) is 67.8 cm³/mol. The van der Waals surface area contributed by atoms with Gasteiger partial charge in [0.05, 0.1) is 5.56 Å². The Labute approximate surface area is 116 Å². The van der Waals surface area contributed by atoms with Gasteiger partial charge in [-0.2, -0.15) is 4.39 Å². The molecule has 0 aliphatic heterocycles. The Hall–Kier alpha value is -2.83. The van der Waals surface area contributed by atoms with Gasteiger partial charge < -0.3 is 10.4 Å². The molecule has 0 aromatic heterocycles. The molecule has 0 bridgehead atoms. The number of phenols is 1. The second-order valence-electron chi connectivity index (χ2n) is 4.08. The van der Waals surface area contributed by atoms with Crippen molar-refractivity contribution < 1.29 is 27.9 Å². The lowest BCUT2D eigenvalue weighted by atomic mass is 10.1. The molecule has 0 spiro atoms. The maximum Gasteiger partial charge on any atom is 0.258 e. The van der Waals surface area contributed by atoms with E-state index in [9.17, 15) is 22.8 Å². The molecule has 0 aliphatic carbocycles. The van der Waals surface area contributed by atoms with E-state index in [-0.39, 0.29) is 5.69 Å². The number of anilines is 1. The number of aromatic hydroxyl groups is 1. The summed E-state index contributed by atoms with van der Waals surface area (Å²) in [6.07, 6.45) is 0.596. The van der Waals surface area contributed by atoms with Gasteiger partial charge in [-0.25, -0.2) is 8.78 Å². The monoisotopic (exact) mass is 295 g/mol. The maximum absolute atomic E-state index is 13.6. The maximum atomic E-state index is 13.6. The van der Waals surface area contributed by atoms with Crippen molar-refractivity contribution in [3.05, 3.63) is 58.9 Å². The van der Waals surface area contributed by atoms with E-state index in [4.69, 9.17) is 5.11 Å². The van der Waals surface area contributed by atoms with E-state index in [0.717, 1.165) is 0 Å². The molecule has 0 radical (unpaired) electrons. The van der Waals surface area contributed by atoms with E-state index in [1.165, 1.54) is 24.3 Å². The molecular formula is C14H8F3NO3. The lowest BCUT2D eigenvalue weighted by Crippen LogP contribution is -2.15. The van der Waals surface area contributed by atoms with Crippen molar-refractivity contribution in [2.24, 2.45) is 0 Å². The van der Waals surface area contributed by atoms with E-state index in [1.54, 1.807) is 0 Å². The van der Waals surface area contributed by atoms with Crippen molar-refractivity contribution in [2.75, 3.05) is 5.32 Å². The van der Waals surface area contributed by atoms with Crippen LogP contribution in [0.1, 0.15) is 20.7 Å². The summed E-state index contributed by atoms with van der Waals surface area (Å²) in [6.45, 7) is 0. The average molecular weight is 295 g/mol. The highest BCUT2D eigenvalue weighted by molar-refractivity contribution is 6.04. The summed E-state index contributed by atoms with van der Waals surface area (Å²) in [5.41, 5.74) is -0.260. The van der Waals surface area contributed by atoms with Crippen molar-refractivity contribution in [2.45, 2.75) is 0 Å². The first-order valence-corrected chi connectivity index (χ1v) is 5.67. The van der Waals surface area contributed by atoms with Crippen LogP contribution in [0.3, 0.4) is 0 Å². The normalized spacial score (nSPS) is 10.2. The molecule has 7 heteroatoms. The van der Waals surface area contributed by atoms with Crippen LogP contribution in [0.25, 0.3) is 0 Å². The molecule has 0 atom stereocenters. The van der Waals surface area contributed by atoms with Crippen LogP contribution in [-0.4, -0.2) is 17.3 Å². The fourth-order valence-corrected chi connectivity index (χ4v) is 1.60. The Kier molecular flexibility index (Phi) is 3.93. The molecule has 2 aromatic rings. The molecule has 2 rings (SSSR count). The number of aldehydes is 1. The third-order valence-electron chi connectivity index (χ3n) is 2.68. The fourth-order valence-electron chi connectivity index (χ4n) is 1.60. The number of hydrogen-bond donors (Lipinski definition) is 2. The Bertz CT molecular complexity index is 714. The van der Waals surface area contributed by atoms with Gasteiger partial charge in [0.1, 0.15) is 6.29 Å². The first-order valence-electron chi connectivity index (χ1n) is 5.67. The third kappa shape index (κ3) is 2.86. The molecule has 2 N–H and O–H groups in total. The van der Waals surface area contributed by atoms with Crippen molar-refractivity contribution in [3.63, 3.8) is 0 Å². The smallest absolute Gasteiger partial charge is 0.258 e. The highest BCUT2D eigenvalue weighted by Gasteiger charge is 2.22. The van der Waals surface area contributed by atoms with E-state index in [1.807, 2.05) is 0 Å². The van der Waals surface area contributed by atoms with Crippen LogP contribution in [0.5, 0.6) is 5.75 Å². The Morgan fingerprint density at radius 2 is 1.71 bits per heavy atom. The summed E-state index contributed by atoms with van der Waals surface area (Å²) in [7, 11) is 0. The number of benzene rings is 2. The summed E-state index contributed by atoms with van der Waals surface area (Å²) < 4.78 is 39.6. The zero-order valence-corrected chi connectivity index (χ0v) is 10.4. The summed E-state index contributed by atoms with van der Waals surface area (Å²) in [5, 5.41) is 11.3. The lowest BCUT2D eigenvalue weighted by molar-refractivity contribution is 0.102. The van der Waals surface area contributed by atoms with Crippen LogP contribution in [-0.2, 0) is 0 Å². The van der Waals surface area contributed by atoms with Crippen LogP contribution in [0.15, 0.2) is 30.3 Å². The second-order valence-corrected chi connectivity index (χ2v) is 4.08. The molecule has 0 unspecified atom stereocenters. The first kappa shape index (κ1) is 14.6. The number of carbonyl (C=O) groups is 2. The number of amides is 1. The van der Waals surface area contributed by atoms with Gasteiger partial charge in [-0.05, 0) is 30.3 Å². The number of nitrogens with one attached hydrogen (secondary N) is 1. The number of halogens is 3. The first-order chi connectivity index (χ1) is 9.93. The quantitative estimate of drug-likeness (QED) is 0.676. The minimum absolute atomic E-state index is 0.217. The van der Waals surface area contributed by atoms with E-state index in [2.05, 4.69) is 5.32 Å². The topological polar surface area (TPSA) is 66.4 Å². The van der Waals surface area contributed by atoms with Gasteiger partial charge in [-0.15, -0.1) is 0 Å². The number of carbonyl (C=O) groups excluding carboxylic acids is 2. The van der Waals surface area contributed by atoms with E-state index >= 15 is 0 Å². The van der Waals surface area contributed by atoms with Crippen LogP contribution < -0.4 is 5.32 Å². The molecule has 0 saturated heterocycles. The van der Waals surface area contributed by atoms with Gasteiger partial charge in [0, 0.05) is 11.3 Å². The third-order valence-corrected chi connectivity index (χ3v) is 2.68. The van der Waals surface area contributed by atoms with Crippen LogP contribution in [0.4, 0.5) is 18.9 Å². The molecule has 1 amide bonds. The number of rotatable bonds is 3. The van der Waals surface area contributed by atoms with E-state index in [0.29, 0.717) is 17.9 Å². The SMILES string of the molecule is O=Cc1ccc(NC(=O)c2cc(F)c(F)c(O)c2F)cc1. The summed E-state index contributed by atoms with van der Waals surface area (Å²) in [6, 6.07) is 5.90. The van der Waals surface area contributed by atoms with Gasteiger partial charge >= 0.3 is 0 Å². The summed E-state index contributed by atoms with van der Waals surface area (Å²) in [5.74, 6) is -7.50. The largest absolute Gasteiger partial charge is 0.503 e. The minimum atomic E-state index is -1.76. The molecule has 4 nitrogen and oxygen atoms in total.